The molecule has 0 atom stereocenters. The van der Waals surface area contributed by atoms with E-state index in [2.05, 4.69) is 46.5 Å². The average Bonchev–Trinajstić information content (AvgIpc) is 2.90. The number of fused-ring (bicyclic) bond motifs is 1. The van der Waals surface area contributed by atoms with E-state index in [-0.39, 0.29) is 5.96 Å². The normalized spacial score (nSPS) is 19.7. The van der Waals surface area contributed by atoms with Crippen molar-refractivity contribution in [2.75, 3.05) is 4.90 Å². The molecule has 2 aliphatic rings. The first-order valence-electron chi connectivity index (χ1n) is 9.51. The van der Waals surface area contributed by atoms with Crippen LogP contribution in [0.2, 0.25) is 0 Å². The first-order valence-corrected chi connectivity index (χ1v) is 9.51. The number of imidazole rings is 1. The molecule has 2 heterocycles. The summed E-state index contributed by atoms with van der Waals surface area (Å²) in [5.41, 5.74) is 15.0. The molecule has 1 aliphatic heterocycles. The van der Waals surface area contributed by atoms with Crippen molar-refractivity contribution in [3.63, 3.8) is 0 Å². The molecule has 1 saturated carbocycles. The third kappa shape index (κ3) is 2.62. The smallest absolute Gasteiger partial charge is 0.220 e. The molecule has 1 aromatic carbocycles. The van der Waals surface area contributed by atoms with E-state index in [1.165, 1.54) is 6.42 Å². The molecule has 4 N–H and O–H groups in total. The number of aryl methyl sites for hydroxylation is 2. The standard InChI is InChI=1S/C19H27N7/c1-3-11-25-13(2)22-15-12-14(7-8-16(15)25)26-18(21)23-17(20)24-19(26)9-5-4-6-10-19/h7-8,12H,3-6,9-11H2,1-2H3,(H4,20,21,23,24). The van der Waals surface area contributed by atoms with E-state index in [4.69, 9.17) is 21.4 Å². The van der Waals surface area contributed by atoms with Crippen LogP contribution in [0, 0.1) is 6.92 Å². The number of nitrogens with zero attached hydrogens (tertiary/aromatic N) is 5. The Hall–Kier alpha value is -2.57. The number of nitrogens with two attached hydrogens (primary N) is 2. The lowest BCUT2D eigenvalue weighted by Crippen LogP contribution is -2.58. The van der Waals surface area contributed by atoms with Crippen LogP contribution in [-0.4, -0.2) is 27.1 Å². The lowest BCUT2D eigenvalue weighted by Gasteiger charge is -2.45. The van der Waals surface area contributed by atoms with Gasteiger partial charge < -0.3 is 16.0 Å². The van der Waals surface area contributed by atoms with Crippen molar-refractivity contribution in [1.29, 1.82) is 0 Å². The number of guanidine groups is 2. The van der Waals surface area contributed by atoms with Crippen molar-refractivity contribution in [2.45, 2.75) is 64.6 Å². The number of aliphatic imine (C=N–C) groups is 2. The summed E-state index contributed by atoms with van der Waals surface area (Å²) in [6, 6.07) is 6.33. The van der Waals surface area contributed by atoms with Crippen LogP contribution in [0.15, 0.2) is 28.2 Å². The Labute approximate surface area is 153 Å². The molecule has 0 unspecified atom stereocenters. The van der Waals surface area contributed by atoms with Crippen LogP contribution in [0.1, 0.15) is 51.3 Å². The fourth-order valence-electron chi connectivity index (χ4n) is 4.38. The zero-order valence-electron chi connectivity index (χ0n) is 15.6. The van der Waals surface area contributed by atoms with Crippen molar-refractivity contribution < 1.29 is 0 Å². The van der Waals surface area contributed by atoms with E-state index >= 15 is 0 Å². The van der Waals surface area contributed by atoms with E-state index in [1.807, 2.05) is 0 Å². The van der Waals surface area contributed by atoms with Gasteiger partial charge in [-0.3, -0.25) is 4.90 Å². The van der Waals surface area contributed by atoms with E-state index in [0.29, 0.717) is 5.96 Å². The number of benzene rings is 1. The van der Waals surface area contributed by atoms with Crippen molar-refractivity contribution in [3.8, 4) is 0 Å². The molecule has 1 aromatic heterocycles. The zero-order chi connectivity index (χ0) is 18.3. The maximum absolute atomic E-state index is 6.32. The summed E-state index contributed by atoms with van der Waals surface area (Å²) in [6.07, 6.45) is 6.41. The molecule has 26 heavy (non-hydrogen) atoms. The second-order valence-electron chi connectivity index (χ2n) is 7.30. The van der Waals surface area contributed by atoms with Crippen LogP contribution in [0.5, 0.6) is 0 Å². The van der Waals surface area contributed by atoms with Gasteiger partial charge in [0.1, 0.15) is 11.5 Å². The Morgan fingerprint density at radius 2 is 1.92 bits per heavy atom. The van der Waals surface area contributed by atoms with Gasteiger partial charge >= 0.3 is 0 Å². The lowest BCUT2D eigenvalue weighted by atomic mass is 9.87. The first-order chi connectivity index (χ1) is 12.5. The summed E-state index contributed by atoms with van der Waals surface area (Å²) in [7, 11) is 0. The van der Waals surface area contributed by atoms with Gasteiger partial charge in [-0.15, -0.1) is 0 Å². The monoisotopic (exact) mass is 353 g/mol. The molecule has 0 bridgehead atoms. The van der Waals surface area contributed by atoms with E-state index < -0.39 is 5.66 Å². The summed E-state index contributed by atoms with van der Waals surface area (Å²) in [5.74, 6) is 1.74. The third-order valence-corrected chi connectivity index (χ3v) is 5.48. The largest absolute Gasteiger partial charge is 0.369 e. The van der Waals surface area contributed by atoms with E-state index in [1.54, 1.807) is 0 Å². The van der Waals surface area contributed by atoms with Crippen molar-refractivity contribution in [3.05, 3.63) is 24.0 Å². The number of anilines is 1. The first kappa shape index (κ1) is 16.9. The van der Waals surface area contributed by atoms with Gasteiger partial charge in [-0.05, 0) is 57.2 Å². The topological polar surface area (TPSA) is 97.8 Å². The maximum Gasteiger partial charge on any atom is 0.220 e. The SMILES string of the molecule is CCCn1c(C)nc2cc(N3C(N)=NC(N)=NC34CCCCC4)ccc21. The summed E-state index contributed by atoms with van der Waals surface area (Å²) in [4.78, 5) is 15.8. The highest BCUT2D eigenvalue weighted by molar-refractivity contribution is 6.06. The molecule has 0 radical (unpaired) electrons. The fourth-order valence-corrected chi connectivity index (χ4v) is 4.38. The number of rotatable bonds is 3. The molecular formula is C19H27N7. The van der Waals surface area contributed by atoms with Crippen LogP contribution in [0.4, 0.5) is 5.69 Å². The van der Waals surface area contributed by atoms with Gasteiger partial charge in [-0.1, -0.05) is 13.3 Å². The minimum atomic E-state index is -0.414. The van der Waals surface area contributed by atoms with Crippen LogP contribution in [0.25, 0.3) is 11.0 Å². The van der Waals surface area contributed by atoms with Crippen molar-refractivity contribution >= 4 is 28.6 Å². The zero-order valence-corrected chi connectivity index (χ0v) is 15.6. The third-order valence-electron chi connectivity index (χ3n) is 5.48. The predicted octanol–water partition coefficient (Wildman–Crippen LogP) is 2.86. The van der Waals surface area contributed by atoms with Gasteiger partial charge in [0.15, 0.2) is 0 Å². The van der Waals surface area contributed by atoms with Gasteiger partial charge in [0, 0.05) is 12.2 Å². The number of hydrogen-bond acceptors (Lipinski definition) is 6. The molecule has 2 aromatic rings. The number of aromatic nitrogens is 2. The highest BCUT2D eigenvalue weighted by Crippen LogP contribution is 2.40. The van der Waals surface area contributed by atoms with Crippen molar-refractivity contribution in [2.24, 2.45) is 21.5 Å². The molecule has 0 saturated heterocycles. The average molecular weight is 353 g/mol. The van der Waals surface area contributed by atoms with Gasteiger partial charge in [-0.2, -0.15) is 4.99 Å². The summed E-state index contributed by atoms with van der Waals surface area (Å²) >= 11 is 0. The molecule has 1 spiro atoms. The van der Waals surface area contributed by atoms with Gasteiger partial charge in [0.2, 0.25) is 11.9 Å². The minimum Gasteiger partial charge on any atom is -0.369 e. The molecular weight excluding hydrogens is 326 g/mol. The Morgan fingerprint density at radius 1 is 1.15 bits per heavy atom. The summed E-state index contributed by atoms with van der Waals surface area (Å²) < 4.78 is 2.26. The van der Waals surface area contributed by atoms with Crippen LogP contribution in [-0.2, 0) is 6.54 Å². The van der Waals surface area contributed by atoms with E-state index in [0.717, 1.165) is 61.2 Å². The Kier molecular flexibility index (Phi) is 4.09. The van der Waals surface area contributed by atoms with Crippen molar-refractivity contribution in [1.82, 2.24) is 9.55 Å². The molecule has 0 amide bonds. The van der Waals surface area contributed by atoms with Gasteiger partial charge in [0.05, 0.1) is 11.0 Å². The second-order valence-corrected chi connectivity index (χ2v) is 7.30. The highest BCUT2D eigenvalue weighted by atomic mass is 15.4. The highest BCUT2D eigenvalue weighted by Gasteiger charge is 2.42. The number of hydrogen-bond donors (Lipinski definition) is 2. The predicted molar refractivity (Wildman–Crippen MR) is 106 cm³/mol. The Morgan fingerprint density at radius 3 is 2.65 bits per heavy atom. The fraction of sp³-hybridized carbons (Fsp3) is 0.526. The minimum absolute atomic E-state index is 0.282. The Bertz CT molecular complexity index is 887. The summed E-state index contributed by atoms with van der Waals surface area (Å²) in [6.45, 7) is 5.21. The van der Waals surface area contributed by atoms with E-state index in [9.17, 15) is 0 Å². The molecule has 7 nitrogen and oxygen atoms in total. The lowest BCUT2D eigenvalue weighted by molar-refractivity contribution is 0.305. The summed E-state index contributed by atoms with van der Waals surface area (Å²) in [5, 5.41) is 0. The second kappa shape index (κ2) is 6.30. The Balaban J connectivity index is 1.81. The van der Waals surface area contributed by atoms with Gasteiger partial charge in [0.25, 0.3) is 0 Å². The van der Waals surface area contributed by atoms with Crippen LogP contribution in [0.3, 0.4) is 0 Å². The molecule has 1 fully saturated rings. The van der Waals surface area contributed by atoms with Gasteiger partial charge in [-0.25, -0.2) is 9.98 Å². The molecule has 7 heteroatoms. The quantitative estimate of drug-likeness (QED) is 0.886. The molecule has 1 aliphatic carbocycles. The van der Waals surface area contributed by atoms with Crippen LogP contribution >= 0.6 is 0 Å². The van der Waals surface area contributed by atoms with Crippen LogP contribution < -0.4 is 16.4 Å². The molecule has 4 rings (SSSR count). The molecule has 138 valence electrons. The maximum atomic E-state index is 6.32.